The van der Waals surface area contributed by atoms with E-state index in [1.807, 2.05) is 36.6 Å². The summed E-state index contributed by atoms with van der Waals surface area (Å²) < 4.78 is 0. The molecule has 0 spiro atoms. The van der Waals surface area contributed by atoms with Crippen LogP contribution in [0.5, 0.6) is 0 Å². The number of amides is 1. The lowest BCUT2D eigenvalue weighted by Gasteiger charge is -2.11. The van der Waals surface area contributed by atoms with Gasteiger partial charge in [-0.1, -0.05) is 6.07 Å². The summed E-state index contributed by atoms with van der Waals surface area (Å²) >= 11 is 1.64. The Balaban J connectivity index is 2.05. The van der Waals surface area contributed by atoms with Crippen LogP contribution in [0, 0.1) is 6.92 Å². The standard InChI is InChI=1S/C14H17N3OS/c1-10-16-13(9-19-10)8-15-12-6-4-5-11(7-12)14(18)17(2)3/h4-7,9,15H,8H2,1-3H3. The number of thiazole rings is 1. The molecule has 4 nitrogen and oxygen atoms in total. The van der Waals surface area contributed by atoms with Crippen LogP contribution in [0.2, 0.25) is 0 Å². The highest BCUT2D eigenvalue weighted by molar-refractivity contribution is 7.09. The number of nitrogens with one attached hydrogen (secondary N) is 1. The molecule has 1 amide bonds. The van der Waals surface area contributed by atoms with Gasteiger partial charge in [0.15, 0.2) is 0 Å². The number of anilines is 1. The molecule has 0 fully saturated rings. The van der Waals surface area contributed by atoms with Crippen molar-refractivity contribution in [3.8, 4) is 0 Å². The van der Waals surface area contributed by atoms with Crippen LogP contribution in [0.25, 0.3) is 0 Å². The lowest BCUT2D eigenvalue weighted by molar-refractivity contribution is 0.0827. The number of carbonyl (C=O) groups is 1. The topological polar surface area (TPSA) is 45.2 Å². The Morgan fingerprint density at radius 1 is 1.42 bits per heavy atom. The molecule has 100 valence electrons. The molecule has 0 atom stereocenters. The number of rotatable bonds is 4. The Morgan fingerprint density at radius 3 is 2.84 bits per heavy atom. The average Bonchev–Trinajstić information content (AvgIpc) is 2.81. The fourth-order valence-electron chi connectivity index (χ4n) is 1.70. The van der Waals surface area contributed by atoms with Gasteiger partial charge < -0.3 is 10.2 Å². The SMILES string of the molecule is Cc1nc(CNc2cccc(C(=O)N(C)C)c2)cs1. The Kier molecular flexibility index (Phi) is 4.16. The fraction of sp³-hybridized carbons (Fsp3) is 0.286. The second-order valence-electron chi connectivity index (χ2n) is 4.49. The molecule has 1 heterocycles. The highest BCUT2D eigenvalue weighted by Crippen LogP contribution is 2.14. The molecule has 19 heavy (non-hydrogen) atoms. The maximum absolute atomic E-state index is 11.9. The first-order valence-electron chi connectivity index (χ1n) is 6.03. The molecule has 0 saturated carbocycles. The van der Waals surface area contributed by atoms with Gasteiger partial charge in [-0.15, -0.1) is 11.3 Å². The van der Waals surface area contributed by atoms with Crippen LogP contribution < -0.4 is 5.32 Å². The summed E-state index contributed by atoms with van der Waals surface area (Å²) in [5.74, 6) is 0.00755. The molecular weight excluding hydrogens is 258 g/mol. The first kappa shape index (κ1) is 13.5. The van der Waals surface area contributed by atoms with Crippen molar-refractivity contribution >= 4 is 22.9 Å². The number of benzene rings is 1. The highest BCUT2D eigenvalue weighted by atomic mass is 32.1. The van der Waals surface area contributed by atoms with Crippen molar-refractivity contribution in [2.45, 2.75) is 13.5 Å². The van der Waals surface area contributed by atoms with Gasteiger partial charge in [-0.25, -0.2) is 4.98 Å². The minimum Gasteiger partial charge on any atom is -0.379 e. The third kappa shape index (κ3) is 3.54. The Bertz CT molecular complexity index is 578. The summed E-state index contributed by atoms with van der Waals surface area (Å²) in [7, 11) is 3.50. The molecule has 0 saturated heterocycles. The van der Waals surface area contributed by atoms with Crippen LogP contribution in [-0.2, 0) is 6.54 Å². The third-order valence-corrected chi connectivity index (χ3v) is 3.48. The number of aryl methyl sites for hydroxylation is 1. The molecule has 0 bridgehead atoms. The summed E-state index contributed by atoms with van der Waals surface area (Å²) in [5, 5.41) is 6.38. The molecule has 0 aliphatic heterocycles. The average molecular weight is 275 g/mol. The van der Waals surface area contributed by atoms with Crippen LogP contribution in [0.4, 0.5) is 5.69 Å². The van der Waals surface area contributed by atoms with Crippen LogP contribution in [0.1, 0.15) is 21.1 Å². The van der Waals surface area contributed by atoms with E-state index in [9.17, 15) is 4.79 Å². The maximum atomic E-state index is 11.9. The van der Waals surface area contributed by atoms with E-state index in [0.29, 0.717) is 12.1 Å². The van der Waals surface area contributed by atoms with E-state index in [-0.39, 0.29) is 5.91 Å². The predicted molar refractivity (Wildman–Crippen MR) is 78.6 cm³/mol. The van der Waals surface area contributed by atoms with Crippen molar-refractivity contribution in [3.63, 3.8) is 0 Å². The van der Waals surface area contributed by atoms with Crippen molar-refractivity contribution in [1.29, 1.82) is 0 Å². The van der Waals surface area contributed by atoms with E-state index in [2.05, 4.69) is 10.3 Å². The molecule has 0 aliphatic carbocycles. The summed E-state index contributed by atoms with van der Waals surface area (Å²) in [6.45, 7) is 2.66. The van der Waals surface area contributed by atoms with E-state index in [0.717, 1.165) is 16.4 Å². The van der Waals surface area contributed by atoms with Gasteiger partial charge in [-0.2, -0.15) is 0 Å². The largest absolute Gasteiger partial charge is 0.379 e. The van der Waals surface area contributed by atoms with Crippen LogP contribution in [0.3, 0.4) is 0 Å². The maximum Gasteiger partial charge on any atom is 0.253 e. The van der Waals surface area contributed by atoms with E-state index in [1.54, 1.807) is 30.3 Å². The Labute approximate surface area is 117 Å². The van der Waals surface area contributed by atoms with Crippen molar-refractivity contribution in [2.24, 2.45) is 0 Å². The zero-order valence-corrected chi connectivity index (χ0v) is 12.1. The molecule has 2 rings (SSSR count). The van der Waals surface area contributed by atoms with Crippen LogP contribution in [-0.4, -0.2) is 29.9 Å². The number of aromatic nitrogens is 1. The van der Waals surface area contributed by atoms with Gasteiger partial charge >= 0.3 is 0 Å². The van der Waals surface area contributed by atoms with E-state index in [4.69, 9.17) is 0 Å². The van der Waals surface area contributed by atoms with Crippen molar-refractivity contribution in [2.75, 3.05) is 19.4 Å². The van der Waals surface area contributed by atoms with Gasteiger partial charge in [0, 0.05) is 30.7 Å². The summed E-state index contributed by atoms with van der Waals surface area (Å²) in [6.07, 6.45) is 0. The molecule has 0 radical (unpaired) electrons. The number of hydrogen-bond acceptors (Lipinski definition) is 4. The lowest BCUT2D eigenvalue weighted by atomic mass is 10.2. The van der Waals surface area contributed by atoms with Crippen molar-refractivity contribution < 1.29 is 4.79 Å². The van der Waals surface area contributed by atoms with E-state index >= 15 is 0 Å². The predicted octanol–water partition coefficient (Wildman–Crippen LogP) is 2.77. The number of hydrogen-bond donors (Lipinski definition) is 1. The van der Waals surface area contributed by atoms with Crippen molar-refractivity contribution in [1.82, 2.24) is 9.88 Å². The quantitative estimate of drug-likeness (QED) is 0.933. The van der Waals surface area contributed by atoms with Gasteiger partial charge in [0.25, 0.3) is 5.91 Å². The molecule has 1 aromatic carbocycles. The first-order valence-corrected chi connectivity index (χ1v) is 6.91. The second kappa shape index (κ2) is 5.84. The van der Waals surface area contributed by atoms with Gasteiger partial charge in [0.1, 0.15) is 0 Å². The van der Waals surface area contributed by atoms with Gasteiger partial charge in [-0.05, 0) is 25.1 Å². The lowest BCUT2D eigenvalue weighted by Crippen LogP contribution is -2.21. The Morgan fingerprint density at radius 2 is 2.21 bits per heavy atom. The Hall–Kier alpha value is -1.88. The molecule has 0 aliphatic rings. The zero-order valence-electron chi connectivity index (χ0n) is 11.3. The third-order valence-electron chi connectivity index (χ3n) is 2.66. The smallest absolute Gasteiger partial charge is 0.253 e. The number of carbonyl (C=O) groups excluding carboxylic acids is 1. The molecular formula is C14H17N3OS. The minimum atomic E-state index is 0.00755. The summed E-state index contributed by atoms with van der Waals surface area (Å²) in [6, 6.07) is 7.51. The molecule has 1 N–H and O–H groups in total. The number of nitrogens with zero attached hydrogens (tertiary/aromatic N) is 2. The first-order chi connectivity index (χ1) is 9.06. The van der Waals surface area contributed by atoms with Crippen LogP contribution in [0.15, 0.2) is 29.6 Å². The monoisotopic (exact) mass is 275 g/mol. The molecule has 5 heteroatoms. The molecule has 1 aromatic heterocycles. The van der Waals surface area contributed by atoms with E-state index in [1.165, 1.54) is 0 Å². The van der Waals surface area contributed by atoms with Crippen molar-refractivity contribution in [3.05, 3.63) is 45.9 Å². The van der Waals surface area contributed by atoms with Gasteiger partial charge in [0.2, 0.25) is 0 Å². The highest BCUT2D eigenvalue weighted by Gasteiger charge is 2.08. The van der Waals surface area contributed by atoms with Crippen LogP contribution >= 0.6 is 11.3 Å². The van der Waals surface area contributed by atoms with Gasteiger partial charge in [0.05, 0.1) is 17.2 Å². The molecule has 2 aromatic rings. The summed E-state index contributed by atoms with van der Waals surface area (Å²) in [4.78, 5) is 17.8. The van der Waals surface area contributed by atoms with E-state index < -0.39 is 0 Å². The molecule has 0 unspecified atom stereocenters. The summed E-state index contributed by atoms with van der Waals surface area (Å²) in [5.41, 5.74) is 2.63. The normalized spacial score (nSPS) is 10.3. The second-order valence-corrected chi connectivity index (χ2v) is 5.55. The van der Waals surface area contributed by atoms with Gasteiger partial charge in [-0.3, -0.25) is 4.79 Å². The minimum absolute atomic E-state index is 0.00755. The fourth-order valence-corrected chi connectivity index (χ4v) is 2.32. The zero-order chi connectivity index (χ0) is 13.8.